The molecule has 0 aliphatic carbocycles. The summed E-state index contributed by atoms with van der Waals surface area (Å²) < 4.78 is 19.0. The minimum Gasteiger partial charge on any atom is -0.489 e. The highest BCUT2D eigenvalue weighted by atomic mass is 19.1. The van der Waals surface area contributed by atoms with Gasteiger partial charge in [-0.1, -0.05) is 12.8 Å². The zero-order valence-corrected chi connectivity index (χ0v) is 11.5. The summed E-state index contributed by atoms with van der Waals surface area (Å²) in [5.74, 6) is -1.65. The fraction of sp³-hybridized carbons (Fsp3) is 0.533. The van der Waals surface area contributed by atoms with Crippen LogP contribution in [0.2, 0.25) is 0 Å². The van der Waals surface area contributed by atoms with Gasteiger partial charge >= 0.3 is 5.97 Å². The summed E-state index contributed by atoms with van der Waals surface area (Å²) >= 11 is 0. The summed E-state index contributed by atoms with van der Waals surface area (Å²) in [6.45, 7) is 3.34. The van der Waals surface area contributed by atoms with Gasteiger partial charge < -0.3 is 9.84 Å². The van der Waals surface area contributed by atoms with Crippen LogP contribution in [0.15, 0.2) is 18.2 Å². The average Bonchev–Trinajstić information content (AvgIpc) is 2.69. The number of halogens is 1. The van der Waals surface area contributed by atoms with Crippen LogP contribution in [0.3, 0.4) is 0 Å². The zero-order chi connectivity index (χ0) is 14.4. The van der Waals surface area contributed by atoms with Crippen molar-refractivity contribution in [2.24, 2.45) is 0 Å². The lowest BCUT2D eigenvalue weighted by atomic mass is 10.2. The molecule has 2 rings (SSSR count). The third-order valence-corrected chi connectivity index (χ3v) is 3.54. The van der Waals surface area contributed by atoms with Gasteiger partial charge in [0.2, 0.25) is 0 Å². The fourth-order valence-corrected chi connectivity index (χ4v) is 2.40. The molecule has 1 aromatic carbocycles. The Hall–Kier alpha value is -1.62. The molecule has 0 saturated carbocycles. The Labute approximate surface area is 118 Å². The van der Waals surface area contributed by atoms with Crippen molar-refractivity contribution in [3.8, 4) is 5.75 Å². The summed E-state index contributed by atoms with van der Waals surface area (Å²) in [7, 11) is 0. The topological polar surface area (TPSA) is 49.8 Å². The number of carboxylic acids is 1. The molecule has 1 aromatic rings. The van der Waals surface area contributed by atoms with E-state index >= 15 is 0 Å². The minimum atomic E-state index is -1.14. The number of benzene rings is 1. The second-order valence-corrected chi connectivity index (χ2v) is 5.05. The Morgan fingerprint density at radius 3 is 2.55 bits per heavy atom. The van der Waals surface area contributed by atoms with Crippen LogP contribution in [0.5, 0.6) is 5.75 Å². The van der Waals surface area contributed by atoms with Gasteiger partial charge in [0.25, 0.3) is 0 Å². The van der Waals surface area contributed by atoms with Crippen LogP contribution in [0.25, 0.3) is 0 Å². The van der Waals surface area contributed by atoms with Gasteiger partial charge in [0.15, 0.2) is 11.6 Å². The van der Waals surface area contributed by atoms with Crippen LogP contribution >= 0.6 is 0 Å². The van der Waals surface area contributed by atoms with Crippen molar-refractivity contribution in [3.63, 3.8) is 0 Å². The molecule has 0 unspecified atom stereocenters. The highest BCUT2D eigenvalue weighted by molar-refractivity contribution is 5.87. The summed E-state index contributed by atoms with van der Waals surface area (Å²) in [6.07, 6.45) is 4.98. The summed E-state index contributed by atoms with van der Waals surface area (Å²) in [5, 5.41) is 8.76. The number of nitrogens with zero attached hydrogens (tertiary/aromatic N) is 1. The molecule has 0 radical (unpaired) electrons. The van der Waals surface area contributed by atoms with Crippen LogP contribution in [0, 0.1) is 5.82 Å². The SMILES string of the molecule is O=C(O)c1ccc(OCCN2CCCCCC2)c(F)c1. The van der Waals surface area contributed by atoms with E-state index in [1.807, 2.05) is 0 Å². The van der Waals surface area contributed by atoms with E-state index < -0.39 is 11.8 Å². The number of ether oxygens (including phenoxy) is 1. The van der Waals surface area contributed by atoms with Gasteiger partial charge in [0.1, 0.15) is 6.61 Å². The lowest BCUT2D eigenvalue weighted by molar-refractivity contribution is 0.0696. The molecule has 1 heterocycles. The number of likely N-dealkylation sites (tertiary alicyclic amines) is 1. The molecular weight excluding hydrogens is 261 g/mol. The first-order valence-corrected chi connectivity index (χ1v) is 7.05. The van der Waals surface area contributed by atoms with E-state index in [4.69, 9.17) is 9.84 Å². The van der Waals surface area contributed by atoms with Gasteiger partial charge in [-0.15, -0.1) is 0 Å². The van der Waals surface area contributed by atoms with Crippen molar-refractivity contribution in [1.82, 2.24) is 4.90 Å². The van der Waals surface area contributed by atoms with E-state index in [0.717, 1.165) is 25.7 Å². The van der Waals surface area contributed by atoms with Crippen LogP contribution < -0.4 is 4.74 Å². The predicted octanol–water partition coefficient (Wildman–Crippen LogP) is 2.78. The molecule has 1 aliphatic rings. The van der Waals surface area contributed by atoms with Crippen LogP contribution in [0.4, 0.5) is 4.39 Å². The number of aromatic carboxylic acids is 1. The predicted molar refractivity (Wildman–Crippen MR) is 73.8 cm³/mol. The number of hydrogen-bond donors (Lipinski definition) is 1. The van der Waals surface area contributed by atoms with Crippen molar-refractivity contribution in [2.75, 3.05) is 26.2 Å². The van der Waals surface area contributed by atoms with Crippen molar-refractivity contribution < 1.29 is 19.0 Å². The molecular formula is C15H20FNO3. The number of rotatable bonds is 5. The molecule has 110 valence electrons. The van der Waals surface area contributed by atoms with E-state index in [1.54, 1.807) is 0 Å². The molecule has 1 N–H and O–H groups in total. The van der Waals surface area contributed by atoms with Crippen molar-refractivity contribution in [2.45, 2.75) is 25.7 Å². The van der Waals surface area contributed by atoms with Crippen molar-refractivity contribution in [1.29, 1.82) is 0 Å². The van der Waals surface area contributed by atoms with Crippen LogP contribution in [0.1, 0.15) is 36.0 Å². The monoisotopic (exact) mass is 281 g/mol. The second kappa shape index (κ2) is 7.24. The van der Waals surface area contributed by atoms with E-state index in [-0.39, 0.29) is 11.3 Å². The number of carbonyl (C=O) groups is 1. The van der Waals surface area contributed by atoms with E-state index in [0.29, 0.717) is 6.61 Å². The number of carboxylic acid groups (broad SMARTS) is 1. The van der Waals surface area contributed by atoms with E-state index in [2.05, 4.69) is 4.90 Å². The minimum absolute atomic E-state index is 0.0673. The second-order valence-electron chi connectivity index (χ2n) is 5.05. The maximum absolute atomic E-state index is 13.6. The molecule has 0 aromatic heterocycles. The molecule has 1 aliphatic heterocycles. The Balaban J connectivity index is 1.83. The molecule has 1 fully saturated rings. The summed E-state index contributed by atoms with van der Waals surface area (Å²) in [4.78, 5) is 13.0. The average molecular weight is 281 g/mol. The molecule has 5 heteroatoms. The van der Waals surface area contributed by atoms with Gasteiger partial charge in [0, 0.05) is 6.54 Å². The van der Waals surface area contributed by atoms with Crippen LogP contribution in [-0.2, 0) is 0 Å². The molecule has 0 amide bonds. The summed E-state index contributed by atoms with van der Waals surface area (Å²) in [6, 6.07) is 3.72. The molecule has 0 bridgehead atoms. The van der Waals surface area contributed by atoms with Gasteiger partial charge in [0.05, 0.1) is 5.56 Å². The Morgan fingerprint density at radius 2 is 1.95 bits per heavy atom. The molecule has 0 atom stereocenters. The first kappa shape index (κ1) is 14.8. The Bertz CT molecular complexity index is 456. The van der Waals surface area contributed by atoms with Gasteiger partial charge in [-0.25, -0.2) is 9.18 Å². The van der Waals surface area contributed by atoms with Gasteiger partial charge in [-0.3, -0.25) is 4.90 Å². The van der Waals surface area contributed by atoms with Crippen molar-refractivity contribution >= 4 is 5.97 Å². The molecule has 0 spiro atoms. The van der Waals surface area contributed by atoms with Crippen molar-refractivity contribution in [3.05, 3.63) is 29.6 Å². The zero-order valence-electron chi connectivity index (χ0n) is 11.5. The van der Waals surface area contributed by atoms with Gasteiger partial charge in [-0.05, 0) is 44.1 Å². The number of hydrogen-bond acceptors (Lipinski definition) is 3. The van der Waals surface area contributed by atoms with Gasteiger partial charge in [-0.2, -0.15) is 0 Å². The molecule has 20 heavy (non-hydrogen) atoms. The maximum atomic E-state index is 13.6. The third kappa shape index (κ3) is 4.20. The first-order valence-electron chi connectivity index (χ1n) is 7.05. The largest absolute Gasteiger partial charge is 0.489 e. The quantitative estimate of drug-likeness (QED) is 0.901. The van der Waals surface area contributed by atoms with E-state index in [9.17, 15) is 9.18 Å². The van der Waals surface area contributed by atoms with Crippen LogP contribution in [-0.4, -0.2) is 42.2 Å². The lowest BCUT2D eigenvalue weighted by Gasteiger charge is -2.19. The Kier molecular flexibility index (Phi) is 5.35. The maximum Gasteiger partial charge on any atom is 0.335 e. The highest BCUT2D eigenvalue weighted by Crippen LogP contribution is 2.18. The smallest absolute Gasteiger partial charge is 0.335 e. The first-order chi connectivity index (χ1) is 9.66. The Morgan fingerprint density at radius 1 is 1.25 bits per heavy atom. The normalized spacial score (nSPS) is 16.6. The lowest BCUT2D eigenvalue weighted by Crippen LogP contribution is -2.29. The highest BCUT2D eigenvalue weighted by Gasteiger charge is 2.11. The third-order valence-electron chi connectivity index (χ3n) is 3.54. The summed E-state index contributed by atoms with van der Waals surface area (Å²) in [5.41, 5.74) is -0.0673. The fourth-order valence-electron chi connectivity index (χ4n) is 2.40. The standard InChI is InChI=1S/C15H20FNO3/c16-13-11-12(15(18)19)5-6-14(13)20-10-9-17-7-3-1-2-4-8-17/h5-6,11H,1-4,7-10H2,(H,18,19). The molecule has 1 saturated heterocycles. The molecule has 4 nitrogen and oxygen atoms in total. The van der Waals surface area contributed by atoms with E-state index in [1.165, 1.54) is 37.8 Å².